The fourth-order valence-electron chi connectivity index (χ4n) is 2.80. The summed E-state index contributed by atoms with van der Waals surface area (Å²) in [6, 6.07) is 7.53. The van der Waals surface area contributed by atoms with Crippen molar-refractivity contribution in [3.63, 3.8) is 0 Å². The summed E-state index contributed by atoms with van der Waals surface area (Å²) >= 11 is 0. The Morgan fingerprint density at radius 1 is 1.24 bits per heavy atom. The molecule has 2 rings (SSSR count). The van der Waals surface area contributed by atoms with Gasteiger partial charge in [0.1, 0.15) is 0 Å². The van der Waals surface area contributed by atoms with Gasteiger partial charge < -0.3 is 10.0 Å². The molecule has 114 valence electrons. The lowest BCUT2D eigenvalue weighted by atomic mass is 9.74. The number of benzene rings is 1. The van der Waals surface area contributed by atoms with E-state index in [9.17, 15) is 14.7 Å². The van der Waals surface area contributed by atoms with E-state index in [0.717, 1.165) is 18.4 Å². The molecule has 0 spiro atoms. The van der Waals surface area contributed by atoms with Crippen LogP contribution in [-0.2, 0) is 4.79 Å². The lowest BCUT2D eigenvalue weighted by molar-refractivity contribution is -0.151. The molecule has 1 atom stereocenters. The second kappa shape index (κ2) is 5.88. The molecule has 1 aromatic carbocycles. The smallest absolute Gasteiger partial charge is 0.309 e. The van der Waals surface area contributed by atoms with Crippen molar-refractivity contribution in [2.24, 2.45) is 11.3 Å². The predicted molar refractivity (Wildman–Crippen MR) is 81.2 cm³/mol. The highest BCUT2D eigenvalue weighted by atomic mass is 16.4. The van der Waals surface area contributed by atoms with Crippen LogP contribution in [0.1, 0.15) is 42.6 Å². The third kappa shape index (κ3) is 3.26. The summed E-state index contributed by atoms with van der Waals surface area (Å²) in [5.41, 5.74) is 0.996. The van der Waals surface area contributed by atoms with Crippen LogP contribution in [0.15, 0.2) is 24.3 Å². The maximum absolute atomic E-state index is 12.5. The van der Waals surface area contributed by atoms with E-state index < -0.39 is 11.4 Å². The van der Waals surface area contributed by atoms with Crippen molar-refractivity contribution >= 4 is 11.9 Å². The molecule has 1 fully saturated rings. The standard InChI is InChI=1S/C17H23NO3/c1-12-6-8-13(9-7-12)15(19)18-10-4-5-14(11-18)17(2,3)16(20)21/h6-9,14H,4-5,10-11H2,1-3H3,(H,20,21). The van der Waals surface area contributed by atoms with E-state index in [-0.39, 0.29) is 11.8 Å². The van der Waals surface area contributed by atoms with Gasteiger partial charge in [0.25, 0.3) is 5.91 Å². The molecule has 0 bridgehead atoms. The quantitative estimate of drug-likeness (QED) is 0.930. The summed E-state index contributed by atoms with van der Waals surface area (Å²) in [6.07, 6.45) is 1.72. The molecule has 1 aromatic rings. The summed E-state index contributed by atoms with van der Waals surface area (Å²) < 4.78 is 0. The van der Waals surface area contributed by atoms with E-state index in [2.05, 4.69) is 0 Å². The van der Waals surface area contributed by atoms with Crippen LogP contribution in [0.25, 0.3) is 0 Å². The van der Waals surface area contributed by atoms with Crippen molar-refractivity contribution in [2.45, 2.75) is 33.6 Å². The normalized spacial score (nSPS) is 19.4. The third-order valence-corrected chi connectivity index (χ3v) is 4.58. The van der Waals surface area contributed by atoms with Crippen LogP contribution < -0.4 is 0 Å². The Morgan fingerprint density at radius 3 is 2.43 bits per heavy atom. The van der Waals surface area contributed by atoms with E-state index >= 15 is 0 Å². The second-order valence-electron chi connectivity index (χ2n) is 6.48. The second-order valence-corrected chi connectivity index (χ2v) is 6.48. The largest absolute Gasteiger partial charge is 0.481 e. The fourth-order valence-corrected chi connectivity index (χ4v) is 2.80. The van der Waals surface area contributed by atoms with Gasteiger partial charge in [-0.1, -0.05) is 17.7 Å². The first-order valence-corrected chi connectivity index (χ1v) is 7.41. The number of likely N-dealkylation sites (tertiary alicyclic amines) is 1. The van der Waals surface area contributed by atoms with Crippen molar-refractivity contribution in [3.05, 3.63) is 35.4 Å². The summed E-state index contributed by atoms with van der Waals surface area (Å²) in [5.74, 6) is -0.795. The van der Waals surface area contributed by atoms with Crippen molar-refractivity contribution in [3.8, 4) is 0 Å². The summed E-state index contributed by atoms with van der Waals surface area (Å²) in [6.45, 7) is 6.71. The molecule has 0 aliphatic carbocycles. The molecule has 0 radical (unpaired) electrons. The van der Waals surface area contributed by atoms with Crippen LogP contribution in [0.3, 0.4) is 0 Å². The van der Waals surface area contributed by atoms with Crippen LogP contribution in [0.5, 0.6) is 0 Å². The summed E-state index contributed by atoms with van der Waals surface area (Å²) in [5, 5.41) is 9.36. The van der Waals surface area contributed by atoms with Gasteiger partial charge in [0.2, 0.25) is 0 Å². The van der Waals surface area contributed by atoms with Gasteiger partial charge in [-0.05, 0) is 51.7 Å². The van der Waals surface area contributed by atoms with Crippen LogP contribution >= 0.6 is 0 Å². The lowest BCUT2D eigenvalue weighted by Gasteiger charge is -2.39. The van der Waals surface area contributed by atoms with Crippen LogP contribution in [0.4, 0.5) is 0 Å². The zero-order valence-corrected chi connectivity index (χ0v) is 12.9. The first-order valence-electron chi connectivity index (χ1n) is 7.41. The van der Waals surface area contributed by atoms with E-state index in [1.54, 1.807) is 18.7 Å². The number of carbonyl (C=O) groups is 2. The van der Waals surface area contributed by atoms with Gasteiger partial charge in [0.15, 0.2) is 0 Å². The molecular weight excluding hydrogens is 266 g/mol. The minimum Gasteiger partial charge on any atom is -0.481 e. The Balaban J connectivity index is 2.12. The van der Waals surface area contributed by atoms with Crippen molar-refractivity contribution < 1.29 is 14.7 Å². The average Bonchev–Trinajstić information content (AvgIpc) is 2.47. The van der Waals surface area contributed by atoms with E-state index in [4.69, 9.17) is 0 Å². The Morgan fingerprint density at radius 2 is 1.86 bits per heavy atom. The summed E-state index contributed by atoms with van der Waals surface area (Å²) in [7, 11) is 0. The van der Waals surface area contributed by atoms with E-state index in [1.807, 2.05) is 31.2 Å². The number of carboxylic acids is 1. The van der Waals surface area contributed by atoms with Crippen LogP contribution in [0.2, 0.25) is 0 Å². The van der Waals surface area contributed by atoms with Gasteiger partial charge in [-0.25, -0.2) is 0 Å². The zero-order valence-electron chi connectivity index (χ0n) is 12.9. The number of hydrogen-bond donors (Lipinski definition) is 1. The Bertz CT molecular complexity index is 533. The van der Waals surface area contributed by atoms with Crippen molar-refractivity contribution in [1.82, 2.24) is 4.90 Å². The first-order chi connectivity index (χ1) is 9.82. The van der Waals surface area contributed by atoms with Gasteiger partial charge in [0, 0.05) is 18.7 Å². The number of aryl methyl sites for hydroxylation is 1. The highest BCUT2D eigenvalue weighted by molar-refractivity contribution is 5.94. The number of piperidine rings is 1. The number of rotatable bonds is 3. The molecule has 1 N–H and O–H groups in total. The lowest BCUT2D eigenvalue weighted by Crippen LogP contribution is -2.46. The topological polar surface area (TPSA) is 57.6 Å². The molecule has 21 heavy (non-hydrogen) atoms. The molecule has 1 saturated heterocycles. The Kier molecular flexibility index (Phi) is 4.35. The molecule has 4 heteroatoms. The summed E-state index contributed by atoms with van der Waals surface area (Å²) in [4.78, 5) is 25.7. The third-order valence-electron chi connectivity index (χ3n) is 4.58. The number of aliphatic carboxylic acids is 1. The van der Waals surface area contributed by atoms with Crippen molar-refractivity contribution in [1.29, 1.82) is 0 Å². The molecule has 1 amide bonds. The monoisotopic (exact) mass is 289 g/mol. The molecule has 1 heterocycles. The SMILES string of the molecule is Cc1ccc(C(=O)N2CCCC(C(C)(C)C(=O)O)C2)cc1. The highest BCUT2D eigenvalue weighted by Crippen LogP contribution is 2.34. The van der Waals surface area contributed by atoms with Gasteiger partial charge in [-0.3, -0.25) is 9.59 Å². The number of hydrogen-bond acceptors (Lipinski definition) is 2. The van der Waals surface area contributed by atoms with Gasteiger partial charge >= 0.3 is 5.97 Å². The zero-order chi connectivity index (χ0) is 15.6. The Hall–Kier alpha value is -1.84. The maximum atomic E-state index is 12.5. The van der Waals surface area contributed by atoms with Gasteiger partial charge in [-0.2, -0.15) is 0 Å². The van der Waals surface area contributed by atoms with Gasteiger partial charge in [-0.15, -0.1) is 0 Å². The molecule has 0 aromatic heterocycles. The Labute approximate surface area is 125 Å². The first kappa shape index (κ1) is 15.5. The van der Waals surface area contributed by atoms with E-state index in [1.165, 1.54) is 0 Å². The minimum atomic E-state index is -0.799. The molecule has 0 saturated carbocycles. The fraction of sp³-hybridized carbons (Fsp3) is 0.529. The minimum absolute atomic E-state index is 0.000823. The molecule has 1 unspecified atom stereocenters. The van der Waals surface area contributed by atoms with Crippen molar-refractivity contribution in [2.75, 3.05) is 13.1 Å². The van der Waals surface area contributed by atoms with E-state index in [0.29, 0.717) is 18.7 Å². The molecule has 4 nitrogen and oxygen atoms in total. The highest BCUT2D eigenvalue weighted by Gasteiger charge is 2.40. The van der Waals surface area contributed by atoms with Gasteiger partial charge in [0.05, 0.1) is 5.41 Å². The van der Waals surface area contributed by atoms with Crippen LogP contribution in [0, 0.1) is 18.3 Å². The predicted octanol–water partition coefficient (Wildman–Crippen LogP) is 2.96. The molecule has 1 aliphatic heterocycles. The number of carbonyl (C=O) groups excluding carboxylic acids is 1. The molecular formula is C17H23NO3. The number of carboxylic acid groups (broad SMARTS) is 1. The maximum Gasteiger partial charge on any atom is 0.309 e. The number of nitrogens with zero attached hydrogens (tertiary/aromatic N) is 1. The average molecular weight is 289 g/mol. The number of amides is 1. The van der Waals surface area contributed by atoms with Crippen LogP contribution in [-0.4, -0.2) is 35.0 Å². The molecule has 1 aliphatic rings.